The number of carbonyl (C=O) groups is 2. The Morgan fingerprint density at radius 2 is 2.06 bits per heavy atom. The SMILES string of the molecule is CCOC(=O)C(C)n1cccc1C(=O)C(Cl)(Cl)Cl. The lowest BCUT2D eigenvalue weighted by molar-refractivity contribution is -0.146. The first kappa shape index (κ1) is 15.3. The minimum Gasteiger partial charge on any atom is -0.464 e. The van der Waals surface area contributed by atoms with Crippen LogP contribution < -0.4 is 0 Å². The van der Waals surface area contributed by atoms with Crippen LogP contribution in [0.25, 0.3) is 0 Å². The molecule has 100 valence electrons. The standard InChI is InChI=1S/C11H12Cl3NO3/c1-3-18-10(17)7(2)15-6-4-5-8(15)9(16)11(12,13)14/h4-7H,3H2,1-2H3. The molecule has 0 radical (unpaired) electrons. The van der Waals surface area contributed by atoms with E-state index in [1.807, 2.05) is 0 Å². The zero-order valence-corrected chi connectivity index (χ0v) is 12.1. The Labute approximate surface area is 120 Å². The topological polar surface area (TPSA) is 48.3 Å². The van der Waals surface area contributed by atoms with E-state index in [2.05, 4.69) is 0 Å². The van der Waals surface area contributed by atoms with Gasteiger partial charge in [0.25, 0.3) is 3.79 Å². The Kier molecular flexibility index (Phi) is 5.08. The third-order valence-electron chi connectivity index (χ3n) is 2.31. The van der Waals surface area contributed by atoms with E-state index in [4.69, 9.17) is 39.5 Å². The van der Waals surface area contributed by atoms with Crippen molar-refractivity contribution in [3.05, 3.63) is 24.0 Å². The molecule has 0 N–H and O–H groups in total. The molecule has 18 heavy (non-hydrogen) atoms. The monoisotopic (exact) mass is 311 g/mol. The van der Waals surface area contributed by atoms with Gasteiger partial charge in [0, 0.05) is 6.20 Å². The summed E-state index contributed by atoms with van der Waals surface area (Å²) in [4.78, 5) is 23.5. The maximum absolute atomic E-state index is 11.9. The molecule has 1 rings (SSSR count). The number of carbonyl (C=O) groups excluding carboxylic acids is 2. The second-order valence-corrected chi connectivity index (χ2v) is 5.84. The quantitative estimate of drug-likeness (QED) is 0.487. The van der Waals surface area contributed by atoms with Crippen molar-refractivity contribution in [2.45, 2.75) is 23.7 Å². The summed E-state index contributed by atoms with van der Waals surface area (Å²) in [6, 6.07) is 2.42. The van der Waals surface area contributed by atoms with Gasteiger partial charge in [0.1, 0.15) is 6.04 Å². The van der Waals surface area contributed by atoms with Crippen molar-refractivity contribution in [3.8, 4) is 0 Å². The zero-order valence-electron chi connectivity index (χ0n) is 9.82. The normalized spacial score (nSPS) is 13.2. The second kappa shape index (κ2) is 5.95. The van der Waals surface area contributed by atoms with Crippen LogP contribution in [0.3, 0.4) is 0 Å². The summed E-state index contributed by atoms with van der Waals surface area (Å²) in [5.41, 5.74) is 0.149. The third kappa shape index (κ3) is 3.40. The molecule has 0 aromatic carbocycles. The molecule has 1 unspecified atom stereocenters. The largest absolute Gasteiger partial charge is 0.464 e. The molecular weight excluding hydrogens is 300 g/mol. The van der Waals surface area contributed by atoms with E-state index < -0.39 is 21.6 Å². The average Bonchev–Trinajstić information content (AvgIpc) is 2.74. The molecule has 0 saturated carbocycles. The van der Waals surface area contributed by atoms with Gasteiger partial charge in [-0.1, -0.05) is 34.8 Å². The number of alkyl halides is 3. The van der Waals surface area contributed by atoms with Crippen LogP contribution in [0.5, 0.6) is 0 Å². The zero-order chi connectivity index (χ0) is 13.9. The Morgan fingerprint density at radius 1 is 1.44 bits per heavy atom. The molecule has 7 heteroatoms. The molecule has 0 spiro atoms. The van der Waals surface area contributed by atoms with Crippen molar-refractivity contribution >= 4 is 46.6 Å². The fourth-order valence-electron chi connectivity index (χ4n) is 1.45. The van der Waals surface area contributed by atoms with E-state index >= 15 is 0 Å². The summed E-state index contributed by atoms with van der Waals surface area (Å²) in [5.74, 6) is -1.14. The van der Waals surface area contributed by atoms with Gasteiger partial charge >= 0.3 is 5.97 Å². The maximum Gasteiger partial charge on any atom is 0.328 e. The molecule has 1 aromatic rings. The van der Waals surface area contributed by atoms with Crippen LogP contribution in [0.2, 0.25) is 0 Å². The maximum atomic E-state index is 11.9. The number of esters is 1. The van der Waals surface area contributed by atoms with E-state index in [9.17, 15) is 9.59 Å². The average molecular weight is 313 g/mol. The summed E-state index contributed by atoms with van der Waals surface area (Å²) in [7, 11) is 0. The molecule has 4 nitrogen and oxygen atoms in total. The predicted octanol–water partition coefficient (Wildman–Crippen LogP) is 3.17. The first-order valence-corrected chi connectivity index (χ1v) is 6.37. The number of hydrogen-bond donors (Lipinski definition) is 0. The van der Waals surface area contributed by atoms with Gasteiger partial charge in [-0.3, -0.25) is 4.79 Å². The van der Waals surface area contributed by atoms with Crippen LogP contribution >= 0.6 is 34.8 Å². The summed E-state index contributed by atoms with van der Waals surface area (Å²) in [6.07, 6.45) is 1.56. The lowest BCUT2D eigenvalue weighted by Crippen LogP contribution is -2.26. The van der Waals surface area contributed by atoms with E-state index in [-0.39, 0.29) is 12.3 Å². The molecule has 0 bridgehead atoms. The smallest absolute Gasteiger partial charge is 0.328 e. The van der Waals surface area contributed by atoms with Gasteiger partial charge in [-0.2, -0.15) is 0 Å². The molecule has 1 aromatic heterocycles. The number of ether oxygens (including phenoxy) is 1. The van der Waals surface area contributed by atoms with Crippen molar-refractivity contribution in [1.29, 1.82) is 0 Å². The van der Waals surface area contributed by atoms with Crippen molar-refractivity contribution < 1.29 is 14.3 Å². The molecule has 0 aliphatic carbocycles. The van der Waals surface area contributed by atoms with Crippen LogP contribution in [0.15, 0.2) is 18.3 Å². The van der Waals surface area contributed by atoms with Gasteiger partial charge in [-0.15, -0.1) is 0 Å². The minimum atomic E-state index is -2.05. The van der Waals surface area contributed by atoms with Gasteiger partial charge in [0.05, 0.1) is 12.3 Å². The van der Waals surface area contributed by atoms with Crippen LogP contribution in [0.1, 0.15) is 30.4 Å². The summed E-state index contributed by atoms with van der Waals surface area (Å²) in [5, 5.41) is 0. The fraction of sp³-hybridized carbons (Fsp3) is 0.455. The Morgan fingerprint density at radius 3 is 2.56 bits per heavy atom. The van der Waals surface area contributed by atoms with Crippen LogP contribution in [0, 0.1) is 0 Å². The van der Waals surface area contributed by atoms with E-state index in [0.717, 1.165) is 0 Å². The number of hydrogen-bond acceptors (Lipinski definition) is 3. The number of rotatable bonds is 4. The highest BCUT2D eigenvalue weighted by Crippen LogP contribution is 2.31. The molecule has 0 fully saturated rings. The van der Waals surface area contributed by atoms with Gasteiger partial charge in [-0.05, 0) is 26.0 Å². The number of ketones is 1. The highest BCUT2D eigenvalue weighted by molar-refractivity contribution is 6.77. The highest BCUT2D eigenvalue weighted by atomic mass is 35.6. The van der Waals surface area contributed by atoms with E-state index in [1.54, 1.807) is 26.1 Å². The first-order chi connectivity index (χ1) is 8.29. The molecule has 1 heterocycles. The molecule has 0 aliphatic heterocycles. The lowest BCUT2D eigenvalue weighted by atomic mass is 10.2. The molecular formula is C11H12Cl3NO3. The minimum absolute atomic E-state index is 0.149. The van der Waals surface area contributed by atoms with Crippen molar-refractivity contribution in [2.75, 3.05) is 6.61 Å². The number of halogens is 3. The van der Waals surface area contributed by atoms with Crippen LogP contribution in [0.4, 0.5) is 0 Å². The van der Waals surface area contributed by atoms with E-state index in [1.165, 1.54) is 10.6 Å². The molecule has 0 amide bonds. The third-order valence-corrected chi connectivity index (χ3v) is 2.83. The van der Waals surface area contributed by atoms with Gasteiger partial charge in [-0.25, -0.2) is 4.79 Å². The summed E-state index contributed by atoms with van der Waals surface area (Å²) in [6.45, 7) is 3.57. The Hall–Kier alpha value is -0.710. The van der Waals surface area contributed by atoms with Crippen molar-refractivity contribution in [2.24, 2.45) is 0 Å². The molecule has 0 aliphatic rings. The number of aromatic nitrogens is 1. The van der Waals surface area contributed by atoms with E-state index in [0.29, 0.717) is 0 Å². The Balaban J connectivity index is 3.03. The summed E-state index contributed by atoms with van der Waals surface area (Å²) < 4.78 is 4.25. The Bertz CT molecular complexity index is 451. The van der Waals surface area contributed by atoms with Crippen molar-refractivity contribution in [3.63, 3.8) is 0 Å². The number of nitrogens with zero attached hydrogens (tertiary/aromatic N) is 1. The first-order valence-electron chi connectivity index (χ1n) is 5.24. The summed E-state index contributed by atoms with van der Waals surface area (Å²) >= 11 is 16.6. The highest BCUT2D eigenvalue weighted by Gasteiger charge is 2.34. The van der Waals surface area contributed by atoms with Crippen molar-refractivity contribution in [1.82, 2.24) is 4.57 Å². The van der Waals surface area contributed by atoms with Gasteiger partial charge in [0.15, 0.2) is 0 Å². The number of Topliss-reactive ketones (excluding diaryl/α,β-unsaturated/α-hetero) is 1. The fourth-order valence-corrected chi connectivity index (χ4v) is 1.74. The molecule has 1 atom stereocenters. The van der Waals surface area contributed by atoms with Gasteiger partial charge < -0.3 is 9.30 Å². The van der Waals surface area contributed by atoms with Gasteiger partial charge in [0.2, 0.25) is 5.78 Å². The van der Waals surface area contributed by atoms with Crippen LogP contribution in [-0.4, -0.2) is 26.7 Å². The van der Waals surface area contributed by atoms with Crippen LogP contribution in [-0.2, 0) is 9.53 Å². The lowest BCUT2D eigenvalue weighted by Gasteiger charge is -2.17. The second-order valence-electron chi connectivity index (χ2n) is 3.56. The molecule has 0 saturated heterocycles. The predicted molar refractivity (Wildman–Crippen MR) is 70.4 cm³/mol.